The molecule has 0 unspecified atom stereocenters. The Kier molecular flexibility index (Phi) is 7.19. The number of ketones is 1. The second kappa shape index (κ2) is 9.58. The average Bonchev–Trinajstić information content (AvgIpc) is 2.66. The molecule has 1 aliphatic carbocycles. The third kappa shape index (κ3) is 5.86. The van der Waals surface area contributed by atoms with E-state index in [-0.39, 0.29) is 30.3 Å². The van der Waals surface area contributed by atoms with Gasteiger partial charge in [0, 0.05) is 19.1 Å². The molecular formula is C18H20N2O8. The Morgan fingerprint density at radius 3 is 2.29 bits per heavy atom. The predicted octanol–water partition coefficient (Wildman–Crippen LogP) is 2.24. The van der Waals surface area contributed by atoms with Crippen LogP contribution in [0.5, 0.6) is 0 Å². The molecule has 1 aromatic rings. The number of hydrogen-bond acceptors (Lipinski definition) is 8. The molecular weight excluding hydrogens is 372 g/mol. The Bertz CT molecular complexity index is 763. The molecule has 0 amide bonds. The first kappa shape index (κ1) is 21.0. The van der Waals surface area contributed by atoms with E-state index >= 15 is 0 Å². The highest BCUT2D eigenvalue weighted by molar-refractivity contribution is 6.63. The van der Waals surface area contributed by atoms with Gasteiger partial charge in [0.2, 0.25) is 5.71 Å². The normalized spacial score (nSPS) is 19.5. The first-order valence-corrected chi connectivity index (χ1v) is 8.66. The number of nitrogens with zero attached hydrogens (tertiary/aromatic N) is 2. The molecule has 1 fully saturated rings. The summed E-state index contributed by atoms with van der Waals surface area (Å²) >= 11 is 0. The van der Waals surface area contributed by atoms with Gasteiger partial charge in [-0.1, -0.05) is 5.16 Å². The summed E-state index contributed by atoms with van der Waals surface area (Å²) in [5.74, 6) is -2.82. The molecule has 0 spiro atoms. The standard InChI is InChI=1S/C18H20N2O8/c1-11(21)16(17(22)23)19-28-15-8-4-13(5-9-15)18(24)27-10-12-2-6-14(7-3-12)20(25)26/h2-3,6-7,13,15H,4-5,8-10H2,1H3,(H,22,23)/b19-16-. The minimum absolute atomic E-state index is 0.0259. The predicted molar refractivity (Wildman–Crippen MR) is 95.5 cm³/mol. The number of aliphatic carboxylic acids is 1. The lowest BCUT2D eigenvalue weighted by molar-refractivity contribution is -0.384. The van der Waals surface area contributed by atoms with Gasteiger partial charge in [-0.2, -0.15) is 0 Å². The number of esters is 1. The Hall–Kier alpha value is -3.30. The zero-order valence-corrected chi connectivity index (χ0v) is 15.2. The molecule has 1 N–H and O–H groups in total. The number of carboxylic acid groups (broad SMARTS) is 1. The Balaban J connectivity index is 1.78. The van der Waals surface area contributed by atoms with Crippen LogP contribution in [0.2, 0.25) is 0 Å². The molecule has 0 atom stereocenters. The highest BCUT2D eigenvalue weighted by Gasteiger charge is 2.29. The van der Waals surface area contributed by atoms with Crippen molar-refractivity contribution in [3.63, 3.8) is 0 Å². The molecule has 0 heterocycles. The number of carbonyl (C=O) groups excluding carboxylic acids is 2. The number of non-ortho nitro benzene ring substituents is 1. The highest BCUT2D eigenvalue weighted by atomic mass is 16.6. The number of Topliss-reactive ketones (excluding diaryl/α,β-unsaturated/α-hetero) is 1. The molecule has 150 valence electrons. The number of hydrogen-bond donors (Lipinski definition) is 1. The Morgan fingerprint density at radius 2 is 1.79 bits per heavy atom. The van der Waals surface area contributed by atoms with Crippen molar-refractivity contribution in [1.82, 2.24) is 0 Å². The zero-order valence-electron chi connectivity index (χ0n) is 15.2. The number of nitro groups is 1. The van der Waals surface area contributed by atoms with Crippen molar-refractivity contribution in [3.8, 4) is 0 Å². The first-order chi connectivity index (χ1) is 13.3. The third-order valence-corrected chi connectivity index (χ3v) is 4.36. The number of ether oxygens (including phenoxy) is 1. The molecule has 1 aliphatic rings. The van der Waals surface area contributed by atoms with Crippen LogP contribution in [0.25, 0.3) is 0 Å². The van der Waals surface area contributed by atoms with Crippen molar-refractivity contribution >= 4 is 29.1 Å². The van der Waals surface area contributed by atoms with Gasteiger partial charge in [0.15, 0.2) is 5.78 Å². The van der Waals surface area contributed by atoms with Gasteiger partial charge in [-0.3, -0.25) is 19.7 Å². The van der Waals surface area contributed by atoms with E-state index in [9.17, 15) is 24.5 Å². The summed E-state index contributed by atoms with van der Waals surface area (Å²) in [6, 6.07) is 5.75. The van der Waals surface area contributed by atoms with Crippen LogP contribution in [-0.4, -0.2) is 39.6 Å². The van der Waals surface area contributed by atoms with E-state index in [0.717, 1.165) is 6.92 Å². The second-order valence-corrected chi connectivity index (χ2v) is 6.41. The topological polar surface area (TPSA) is 145 Å². The van der Waals surface area contributed by atoms with Crippen molar-refractivity contribution < 1.29 is 34.0 Å². The molecule has 10 nitrogen and oxygen atoms in total. The molecule has 0 bridgehead atoms. The van der Waals surface area contributed by atoms with Gasteiger partial charge in [-0.25, -0.2) is 4.79 Å². The maximum absolute atomic E-state index is 12.2. The number of oxime groups is 1. The molecule has 0 aliphatic heterocycles. The summed E-state index contributed by atoms with van der Waals surface area (Å²) in [5, 5.41) is 22.9. The largest absolute Gasteiger partial charge is 0.476 e. The van der Waals surface area contributed by atoms with Crippen LogP contribution >= 0.6 is 0 Å². The molecule has 0 aromatic heterocycles. The number of nitro benzene ring substituents is 1. The van der Waals surface area contributed by atoms with Crippen molar-refractivity contribution in [2.24, 2.45) is 11.1 Å². The van der Waals surface area contributed by atoms with Gasteiger partial charge < -0.3 is 14.7 Å². The number of benzene rings is 1. The number of carbonyl (C=O) groups is 3. The van der Waals surface area contributed by atoms with Gasteiger partial charge in [0.25, 0.3) is 5.69 Å². The van der Waals surface area contributed by atoms with Crippen LogP contribution < -0.4 is 0 Å². The van der Waals surface area contributed by atoms with E-state index in [1.54, 1.807) is 0 Å². The lowest BCUT2D eigenvalue weighted by atomic mass is 9.87. The molecule has 28 heavy (non-hydrogen) atoms. The van der Waals surface area contributed by atoms with E-state index in [1.807, 2.05) is 0 Å². The molecule has 0 saturated heterocycles. The van der Waals surface area contributed by atoms with Gasteiger partial charge in [0.1, 0.15) is 12.7 Å². The monoisotopic (exact) mass is 392 g/mol. The van der Waals surface area contributed by atoms with Crippen molar-refractivity contribution in [2.75, 3.05) is 0 Å². The van der Waals surface area contributed by atoms with Gasteiger partial charge in [0.05, 0.1) is 10.8 Å². The summed E-state index contributed by atoms with van der Waals surface area (Å²) in [6.07, 6.45) is 1.56. The fourth-order valence-electron chi connectivity index (χ4n) is 2.77. The first-order valence-electron chi connectivity index (χ1n) is 8.66. The van der Waals surface area contributed by atoms with Gasteiger partial charge >= 0.3 is 11.9 Å². The van der Waals surface area contributed by atoms with E-state index in [2.05, 4.69) is 5.16 Å². The van der Waals surface area contributed by atoms with Crippen LogP contribution in [-0.2, 0) is 30.6 Å². The maximum Gasteiger partial charge on any atom is 0.361 e. The Morgan fingerprint density at radius 1 is 1.18 bits per heavy atom. The SMILES string of the molecule is CC(=O)/C(=N/OC1CCC(C(=O)OCc2ccc([N+](=O)[O-])cc2)CC1)C(=O)O. The van der Waals surface area contributed by atoms with E-state index in [1.165, 1.54) is 24.3 Å². The number of rotatable bonds is 8. The summed E-state index contributed by atoms with van der Waals surface area (Å²) in [5.41, 5.74) is -0.0488. The minimum atomic E-state index is -1.45. The summed E-state index contributed by atoms with van der Waals surface area (Å²) in [7, 11) is 0. The fourth-order valence-corrected chi connectivity index (χ4v) is 2.77. The van der Waals surface area contributed by atoms with Crippen LogP contribution in [0.1, 0.15) is 38.2 Å². The van der Waals surface area contributed by atoms with Crippen molar-refractivity contribution in [1.29, 1.82) is 0 Å². The molecule has 1 saturated carbocycles. The lowest BCUT2D eigenvalue weighted by Crippen LogP contribution is -2.28. The highest BCUT2D eigenvalue weighted by Crippen LogP contribution is 2.27. The minimum Gasteiger partial charge on any atom is -0.476 e. The molecule has 0 radical (unpaired) electrons. The molecule has 10 heteroatoms. The third-order valence-electron chi connectivity index (χ3n) is 4.36. The van der Waals surface area contributed by atoms with Crippen LogP contribution in [0, 0.1) is 16.0 Å². The van der Waals surface area contributed by atoms with E-state index < -0.39 is 22.4 Å². The summed E-state index contributed by atoms with van der Waals surface area (Å²) < 4.78 is 5.26. The second-order valence-electron chi connectivity index (χ2n) is 6.41. The van der Waals surface area contributed by atoms with Crippen molar-refractivity contribution in [2.45, 2.75) is 45.3 Å². The number of carboxylic acids is 1. The Labute approximate surface area is 160 Å². The summed E-state index contributed by atoms with van der Waals surface area (Å²) in [6.45, 7) is 1.12. The van der Waals surface area contributed by atoms with Gasteiger partial charge in [-0.15, -0.1) is 0 Å². The molecule has 2 rings (SSSR count). The lowest BCUT2D eigenvalue weighted by Gasteiger charge is -2.25. The average molecular weight is 392 g/mol. The van der Waals surface area contributed by atoms with Crippen molar-refractivity contribution in [3.05, 3.63) is 39.9 Å². The smallest absolute Gasteiger partial charge is 0.361 e. The maximum atomic E-state index is 12.2. The van der Waals surface area contributed by atoms with Crippen LogP contribution in [0.4, 0.5) is 5.69 Å². The van der Waals surface area contributed by atoms with E-state index in [4.69, 9.17) is 14.7 Å². The summed E-state index contributed by atoms with van der Waals surface area (Å²) in [4.78, 5) is 49.4. The van der Waals surface area contributed by atoms with Crippen LogP contribution in [0.3, 0.4) is 0 Å². The fraction of sp³-hybridized carbons (Fsp3) is 0.444. The zero-order chi connectivity index (χ0) is 20.7. The van der Waals surface area contributed by atoms with E-state index in [0.29, 0.717) is 31.2 Å². The van der Waals surface area contributed by atoms with Crippen LogP contribution in [0.15, 0.2) is 29.4 Å². The quantitative estimate of drug-likeness (QED) is 0.233. The molecule has 1 aromatic carbocycles. The van der Waals surface area contributed by atoms with Gasteiger partial charge in [-0.05, 0) is 43.4 Å².